The second kappa shape index (κ2) is 6.59. The van der Waals surface area contributed by atoms with Crippen molar-refractivity contribution < 1.29 is 9.59 Å². The average molecular weight is 322 g/mol. The highest BCUT2D eigenvalue weighted by atomic mass is 16.2. The first-order valence-electron chi connectivity index (χ1n) is 7.85. The molecule has 1 aliphatic heterocycles. The highest BCUT2D eigenvalue weighted by molar-refractivity contribution is 6.07. The van der Waals surface area contributed by atoms with Crippen molar-refractivity contribution in [2.45, 2.75) is 18.9 Å². The molecule has 0 unspecified atom stereocenters. The molecular formula is C18H18N4O2. The summed E-state index contributed by atoms with van der Waals surface area (Å²) in [5.74, 6) is -0.533. The zero-order chi connectivity index (χ0) is 17.1. The molecule has 1 aliphatic rings. The SMILES string of the molecule is C=Cc1ccc2c(C(=O)NCC(=O)N3CCC[C@H]3C#N)c[nH]c2c1. The normalized spacial score (nSPS) is 16.8. The number of nitriles is 1. The Bertz CT molecular complexity index is 846. The number of benzene rings is 1. The molecule has 24 heavy (non-hydrogen) atoms. The summed E-state index contributed by atoms with van der Waals surface area (Å²) in [6.45, 7) is 4.19. The highest BCUT2D eigenvalue weighted by Crippen LogP contribution is 2.20. The zero-order valence-corrected chi connectivity index (χ0v) is 13.2. The summed E-state index contributed by atoms with van der Waals surface area (Å²) in [4.78, 5) is 29.1. The lowest BCUT2D eigenvalue weighted by molar-refractivity contribution is -0.130. The Balaban J connectivity index is 1.68. The molecule has 1 aromatic carbocycles. The number of aromatic amines is 1. The van der Waals surface area contributed by atoms with Gasteiger partial charge in [0.1, 0.15) is 6.04 Å². The second-order valence-electron chi connectivity index (χ2n) is 5.77. The third-order valence-corrected chi connectivity index (χ3v) is 4.31. The number of carbonyl (C=O) groups excluding carboxylic acids is 2. The van der Waals surface area contributed by atoms with Crippen LogP contribution in [0.2, 0.25) is 0 Å². The Hall–Kier alpha value is -3.07. The van der Waals surface area contributed by atoms with Crippen LogP contribution in [0.15, 0.2) is 31.0 Å². The molecule has 1 atom stereocenters. The Morgan fingerprint density at radius 2 is 2.33 bits per heavy atom. The van der Waals surface area contributed by atoms with Gasteiger partial charge in [0.25, 0.3) is 5.91 Å². The third-order valence-electron chi connectivity index (χ3n) is 4.31. The summed E-state index contributed by atoms with van der Waals surface area (Å²) in [7, 11) is 0. The van der Waals surface area contributed by atoms with Gasteiger partial charge in [-0.05, 0) is 24.5 Å². The van der Waals surface area contributed by atoms with E-state index >= 15 is 0 Å². The van der Waals surface area contributed by atoms with Gasteiger partial charge in [0.2, 0.25) is 5.91 Å². The van der Waals surface area contributed by atoms with Crippen LogP contribution in [0, 0.1) is 11.3 Å². The van der Waals surface area contributed by atoms with Gasteiger partial charge in [0, 0.05) is 23.6 Å². The number of aromatic nitrogens is 1. The predicted octanol–water partition coefficient (Wildman–Crippen LogP) is 2.06. The minimum atomic E-state index is -0.375. The van der Waals surface area contributed by atoms with E-state index in [1.165, 1.54) is 4.90 Å². The fourth-order valence-electron chi connectivity index (χ4n) is 3.01. The molecule has 2 heterocycles. The number of hydrogen-bond acceptors (Lipinski definition) is 3. The summed E-state index contributed by atoms with van der Waals surface area (Å²) in [6, 6.07) is 7.39. The first-order valence-corrected chi connectivity index (χ1v) is 7.85. The van der Waals surface area contributed by atoms with E-state index in [0.29, 0.717) is 18.5 Å². The fourth-order valence-corrected chi connectivity index (χ4v) is 3.01. The average Bonchev–Trinajstić information content (AvgIpc) is 3.25. The number of carbonyl (C=O) groups is 2. The van der Waals surface area contributed by atoms with Crippen LogP contribution in [0.3, 0.4) is 0 Å². The van der Waals surface area contributed by atoms with E-state index in [1.54, 1.807) is 12.3 Å². The molecule has 3 rings (SSSR count). The molecule has 1 saturated heterocycles. The van der Waals surface area contributed by atoms with E-state index in [2.05, 4.69) is 22.9 Å². The Morgan fingerprint density at radius 3 is 3.08 bits per heavy atom. The zero-order valence-electron chi connectivity index (χ0n) is 13.2. The number of amides is 2. The van der Waals surface area contributed by atoms with Crippen LogP contribution >= 0.6 is 0 Å². The van der Waals surface area contributed by atoms with Gasteiger partial charge < -0.3 is 15.2 Å². The third kappa shape index (κ3) is 2.88. The maximum absolute atomic E-state index is 12.4. The molecule has 2 amide bonds. The fraction of sp³-hybridized carbons (Fsp3) is 0.278. The van der Waals surface area contributed by atoms with Gasteiger partial charge in [-0.3, -0.25) is 9.59 Å². The smallest absolute Gasteiger partial charge is 0.253 e. The van der Waals surface area contributed by atoms with Crippen LogP contribution < -0.4 is 5.32 Å². The molecule has 6 nitrogen and oxygen atoms in total. The van der Waals surface area contributed by atoms with Crippen molar-refractivity contribution in [3.63, 3.8) is 0 Å². The van der Waals surface area contributed by atoms with Crippen molar-refractivity contribution in [2.24, 2.45) is 0 Å². The van der Waals surface area contributed by atoms with Crippen LogP contribution in [0.25, 0.3) is 17.0 Å². The molecule has 1 aromatic heterocycles. The van der Waals surface area contributed by atoms with E-state index in [-0.39, 0.29) is 24.4 Å². The van der Waals surface area contributed by atoms with Crippen molar-refractivity contribution in [1.82, 2.24) is 15.2 Å². The van der Waals surface area contributed by atoms with Crippen molar-refractivity contribution in [2.75, 3.05) is 13.1 Å². The molecule has 0 radical (unpaired) electrons. The van der Waals surface area contributed by atoms with E-state index in [9.17, 15) is 9.59 Å². The van der Waals surface area contributed by atoms with Gasteiger partial charge in [0.05, 0.1) is 18.2 Å². The quantitative estimate of drug-likeness (QED) is 0.903. The number of fused-ring (bicyclic) bond motifs is 1. The van der Waals surface area contributed by atoms with E-state index in [0.717, 1.165) is 22.9 Å². The topological polar surface area (TPSA) is 89.0 Å². The van der Waals surface area contributed by atoms with E-state index in [4.69, 9.17) is 5.26 Å². The van der Waals surface area contributed by atoms with Crippen LogP contribution in [-0.4, -0.2) is 40.8 Å². The number of likely N-dealkylation sites (tertiary alicyclic amines) is 1. The number of nitrogens with zero attached hydrogens (tertiary/aromatic N) is 2. The van der Waals surface area contributed by atoms with E-state index < -0.39 is 0 Å². The molecule has 2 N–H and O–H groups in total. The molecule has 0 bridgehead atoms. The second-order valence-corrected chi connectivity index (χ2v) is 5.77. The van der Waals surface area contributed by atoms with Crippen molar-refractivity contribution in [3.05, 3.63) is 42.1 Å². The number of nitrogens with one attached hydrogen (secondary N) is 2. The Kier molecular flexibility index (Phi) is 4.34. The number of H-pyrrole nitrogens is 1. The van der Waals surface area contributed by atoms with Gasteiger partial charge in [-0.2, -0.15) is 5.26 Å². The van der Waals surface area contributed by atoms with Crippen molar-refractivity contribution >= 4 is 28.8 Å². The summed E-state index contributed by atoms with van der Waals surface area (Å²) < 4.78 is 0. The maximum atomic E-state index is 12.4. The first kappa shape index (κ1) is 15.8. The predicted molar refractivity (Wildman–Crippen MR) is 91.1 cm³/mol. The molecule has 0 aliphatic carbocycles. The minimum absolute atomic E-state index is 0.103. The summed E-state index contributed by atoms with van der Waals surface area (Å²) >= 11 is 0. The molecule has 122 valence electrons. The molecule has 2 aromatic rings. The highest BCUT2D eigenvalue weighted by Gasteiger charge is 2.28. The lowest BCUT2D eigenvalue weighted by Gasteiger charge is -2.19. The van der Waals surface area contributed by atoms with Gasteiger partial charge in [-0.15, -0.1) is 0 Å². The Labute approximate surface area is 139 Å². The molecule has 0 saturated carbocycles. The van der Waals surface area contributed by atoms with Gasteiger partial charge in [0.15, 0.2) is 0 Å². The van der Waals surface area contributed by atoms with Crippen LogP contribution in [0.1, 0.15) is 28.8 Å². The van der Waals surface area contributed by atoms with Gasteiger partial charge in [-0.1, -0.05) is 24.8 Å². The van der Waals surface area contributed by atoms with Gasteiger partial charge >= 0.3 is 0 Å². The molecule has 0 spiro atoms. The largest absolute Gasteiger partial charge is 0.360 e. The molecular weight excluding hydrogens is 304 g/mol. The summed E-state index contributed by atoms with van der Waals surface area (Å²) in [5, 5.41) is 12.5. The van der Waals surface area contributed by atoms with Crippen molar-refractivity contribution in [3.8, 4) is 6.07 Å². The summed E-state index contributed by atoms with van der Waals surface area (Å²) in [5.41, 5.74) is 2.29. The maximum Gasteiger partial charge on any atom is 0.253 e. The standard InChI is InChI=1S/C18H18N4O2/c1-2-12-5-6-14-15(10-20-16(14)8-12)18(24)21-11-17(23)22-7-3-4-13(22)9-19/h2,5-6,8,10,13,20H,1,3-4,7,11H2,(H,21,24)/t13-/m0/s1. The van der Waals surface area contributed by atoms with Crippen LogP contribution in [0.5, 0.6) is 0 Å². The lowest BCUT2D eigenvalue weighted by Crippen LogP contribution is -2.42. The van der Waals surface area contributed by atoms with Crippen LogP contribution in [-0.2, 0) is 4.79 Å². The lowest BCUT2D eigenvalue weighted by atomic mass is 10.1. The summed E-state index contributed by atoms with van der Waals surface area (Å²) in [6.07, 6.45) is 4.89. The monoisotopic (exact) mass is 322 g/mol. The Morgan fingerprint density at radius 1 is 1.50 bits per heavy atom. The molecule has 1 fully saturated rings. The van der Waals surface area contributed by atoms with Gasteiger partial charge in [-0.25, -0.2) is 0 Å². The first-order chi connectivity index (χ1) is 11.6. The van der Waals surface area contributed by atoms with Crippen LogP contribution in [0.4, 0.5) is 0 Å². The van der Waals surface area contributed by atoms with E-state index in [1.807, 2.05) is 18.2 Å². The van der Waals surface area contributed by atoms with Crippen molar-refractivity contribution in [1.29, 1.82) is 5.26 Å². The molecule has 6 heteroatoms. The number of rotatable bonds is 4. The number of hydrogen-bond donors (Lipinski definition) is 2. The minimum Gasteiger partial charge on any atom is -0.360 e.